The second-order valence-electron chi connectivity index (χ2n) is 9.00. The van der Waals surface area contributed by atoms with Crippen LogP contribution in [0.1, 0.15) is 60.8 Å². The summed E-state index contributed by atoms with van der Waals surface area (Å²) in [6, 6.07) is 3.91. The third kappa shape index (κ3) is 5.69. The van der Waals surface area contributed by atoms with E-state index >= 15 is 0 Å². The topological polar surface area (TPSA) is 85.3 Å². The Labute approximate surface area is 195 Å². The summed E-state index contributed by atoms with van der Waals surface area (Å²) in [6.45, 7) is 7.35. The molecule has 7 heteroatoms. The molecule has 33 heavy (non-hydrogen) atoms. The number of hydrogen-bond acceptors (Lipinski definition) is 6. The molecule has 3 rings (SSSR count). The Hall–Kier alpha value is -2.98. The first-order valence-electron chi connectivity index (χ1n) is 11.3. The Balaban J connectivity index is 1.65. The molecule has 0 aromatic heterocycles. The number of Topliss-reactive ketones (excluding diaryl/α,β-unsaturated/α-hetero) is 2. The largest absolute Gasteiger partial charge is 0.393 e. The number of rotatable bonds is 6. The quantitative estimate of drug-likeness (QED) is 0.218. The van der Waals surface area contributed by atoms with E-state index in [0.29, 0.717) is 45.4 Å². The van der Waals surface area contributed by atoms with Gasteiger partial charge in [0.2, 0.25) is 0 Å². The van der Waals surface area contributed by atoms with Crippen molar-refractivity contribution in [3.05, 3.63) is 34.4 Å². The molecule has 2 aliphatic rings. The summed E-state index contributed by atoms with van der Waals surface area (Å²) in [6.07, 6.45) is 3.16. The van der Waals surface area contributed by atoms with Gasteiger partial charge in [-0.3, -0.25) is 14.4 Å². The lowest BCUT2D eigenvalue weighted by Gasteiger charge is -2.44. The number of likely N-dealkylation sites (tertiary alicyclic amines) is 1. The molecule has 0 atom stereocenters. The Morgan fingerprint density at radius 3 is 2.30 bits per heavy atom. The SMILES string of the molecule is CC#Cc1cc(C)c(C2C(=O)CC3(CCN(C(=O)/C=N/OCCOC)CC3)CC2=O)c(C)c1. The molecule has 1 amide bonds. The monoisotopic (exact) mass is 452 g/mol. The molecule has 2 fully saturated rings. The van der Waals surface area contributed by atoms with E-state index in [2.05, 4.69) is 17.0 Å². The molecular formula is C26H32N2O5. The molecule has 1 saturated heterocycles. The van der Waals surface area contributed by atoms with Gasteiger partial charge in [0, 0.05) is 38.6 Å². The number of carbonyl (C=O) groups is 3. The van der Waals surface area contributed by atoms with E-state index in [1.165, 1.54) is 6.21 Å². The van der Waals surface area contributed by atoms with Crippen LogP contribution in [-0.4, -0.2) is 62.0 Å². The molecule has 1 aromatic carbocycles. The highest BCUT2D eigenvalue weighted by atomic mass is 16.6. The van der Waals surface area contributed by atoms with Crippen molar-refractivity contribution in [3.63, 3.8) is 0 Å². The van der Waals surface area contributed by atoms with Crippen molar-refractivity contribution < 1.29 is 24.0 Å². The number of hydrogen-bond donors (Lipinski definition) is 0. The highest BCUT2D eigenvalue weighted by Gasteiger charge is 2.47. The first kappa shape index (κ1) is 24.7. The summed E-state index contributed by atoms with van der Waals surface area (Å²) in [5.74, 6) is 4.99. The van der Waals surface area contributed by atoms with Gasteiger partial charge in [-0.2, -0.15) is 0 Å². The van der Waals surface area contributed by atoms with Gasteiger partial charge in [-0.15, -0.1) is 5.92 Å². The summed E-state index contributed by atoms with van der Waals surface area (Å²) in [5, 5.41) is 3.68. The second kappa shape index (κ2) is 10.8. The predicted molar refractivity (Wildman–Crippen MR) is 125 cm³/mol. The van der Waals surface area contributed by atoms with E-state index in [0.717, 1.165) is 22.3 Å². The van der Waals surface area contributed by atoms with E-state index in [-0.39, 0.29) is 29.5 Å². The molecule has 0 radical (unpaired) electrons. The van der Waals surface area contributed by atoms with Gasteiger partial charge in [-0.1, -0.05) is 11.1 Å². The molecule has 1 aliphatic heterocycles. The van der Waals surface area contributed by atoms with Crippen LogP contribution in [-0.2, 0) is 24.0 Å². The highest BCUT2D eigenvalue weighted by Crippen LogP contribution is 2.46. The minimum atomic E-state index is -0.699. The van der Waals surface area contributed by atoms with Gasteiger partial charge in [-0.05, 0) is 67.9 Å². The molecule has 1 saturated carbocycles. The summed E-state index contributed by atoms with van der Waals surface area (Å²) >= 11 is 0. The first-order valence-corrected chi connectivity index (χ1v) is 11.3. The summed E-state index contributed by atoms with van der Waals surface area (Å²) in [5.41, 5.74) is 3.24. The molecule has 0 bridgehead atoms. The number of nitrogens with zero attached hydrogens (tertiary/aromatic N) is 2. The molecular weight excluding hydrogens is 420 g/mol. The van der Waals surface area contributed by atoms with Gasteiger partial charge >= 0.3 is 0 Å². The lowest BCUT2D eigenvalue weighted by atomic mass is 9.62. The minimum absolute atomic E-state index is 0.0142. The number of carbonyl (C=O) groups excluding carboxylic acids is 3. The predicted octanol–water partition coefficient (Wildman–Crippen LogP) is 2.95. The smallest absolute Gasteiger partial charge is 0.268 e. The number of oxime groups is 1. The Bertz CT molecular complexity index is 966. The Morgan fingerprint density at radius 1 is 1.15 bits per heavy atom. The molecule has 1 heterocycles. The van der Waals surface area contributed by atoms with Gasteiger partial charge in [0.05, 0.1) is 6.61 Å². The lowest BCUT2D eigenvalue weighted by molar-refractivity contribution is -0.139. The van der Waals surface area contributed by atoms with E-state index < -0.39 is 5.92 Å². The van der Waals surface area contributed by atoms with Crippen LogP contribution < -0.4 is 0 Å². The van der Waals surface area contributed by atoms with Crippen LogP contribution in [0, 0.1) is 31.1 Å². The number of aryl methyl sites for hydroxylation is 2. The van der Waals surface area contributed by atoms with Crippen molar-refractivity contribution in [2.45, 2.75) is 52.4 Å². The Morgan fingerprint density at radius 2 is 1.76 bits per heavy atom. The highest BCUT2D eigenvalue weighted by molar-refractivity contribution is 6.26. The van der Waals surface area contributed by atoms with Crippen molar-refractivity contribution in [1.29, 1.82) is 0 Å². The van der Waals surface area contributed by atoms with Crippen LogP contribution in [0.5, 0.6) is 0 Å². The van der Waals surface area contributed by atoms with Gasteiger partial charge in [0.15, 0.2) is 0 Å². The van der Waals surface area contributed by atoms with Gasteiger partial charge < -0.3 is 14.5 Å². The molecule has 176 valence electrons. The zero-order valence-electron chi connectivity index (χ0n) is 19.9. The van der Waals surface area contributed by atoms with Crippen LogP contribution in [0.15, 0.2) is 17.3 Å². The number of methoxy groups -OCH3 is 1. The van der Waals surface area contributed by atoms with Crippen molar-refractivity contribution in [2.24, 2.45) is 10.6 Å². The minimum Gasteiger partial charge on any atom is -0.393 e. The van der Waals surface area contributed by atoms with Gasteiger partial charge in [0.25, 0.3) is 5.91 Å². The molecule has 0 unspecified atom stereocenters. The molecule has 1 spiro atoms. The lowest BCUT2D eigenvalue weighted by Crippen LogP contribution is -2.48. The van der Waals surface area contributed by atoms with Crippen LogP contribution in [0.3, 0.4) is 0 Å². The maximum absolute atomic E-state index is 13.3. The van der Waals surface area contributed by atoms with Crippen LogP contribution in [0.2, 0.25) is 0 Å². The number of ether oxygens (including phenoxy) is 1. The standard InChI is InChI=1S/C26H32N2O5/c1-5-6-20-13-18(2)24(19(3)14-20)25-21(29)15-26(16-22(25)30)7-9-28(10-8-26)23(31)17-27-33-12-11-32-4/h13-14,17,25H,7-12,15-16H2,1-4H3/b27-17+. The maximum Gasteiger partial charge on any atom is 0.268 e. The summed E-state index contributed by atoms with van der Waals surface area (Å²) in [7, 11) is 1.56. The number of amides is 1. The fourth-order valence-corrected chi connectivity index (χ4v) is 5.05. The fraction of sp³-hybridized carbons (Fsp3) is 0.538. The third-order valence-electron chi connectivity index (χ3n) is 6.65. The van der Waals surface area contributed by atoms with Crippen molar-refractivity contribution in [3.8, 4) is 11.8 Å². The molecule has 7 nitrogen and oxygen atoms in total. The van der Waals surface area contributed by atoms with Crippen molar-refractivity contribution in [2.75, 3.05) is 33.4 Å². The zero-order chi connectivity index (χ0) is 24.0. The molecule has 1 aromatic rings. The normalized spacial score (nSPS) is 18.5. The Kier molecular flexibility index (Phi) is 8.04. The third-order valence-corrected chi connectivity index (χ3v) is 6.65. The number of benzene rings is 1. The summed E-state index contributed by atoms with van der Waals surface area (Å²) in [4.78, 5) is 45.5. The van der Waals surface area contributed by atoms with Gasteiger partial charge in [-0.25, -0.2) is 0 Å². The van der Waals surface area contributed by atoms with E-state index in [1.54, 1.807) is 18.9 Å². The van der Waals surface area contributed by atoms with E-state index in [9.17, 15) is 14.4 Å². The zero-order valence-corrected chi connectivity index (χ0v) is 19.9. The van der Waals surface area contributed by atoms with Crippen LogP contribution in [0.25, 0.3) is 0 Å². The van der Waals surface area contributed by atoms with Crippen LogP contribution >= 0.6 is 0 Å². The number of piperidine rings is 1. The van der Waals surface area contributed by atoms with Crippen LogP contribution in [0.4, 0.5) is 0 Å². The van der Waals surface area contributed by atoms with E-state index in [4.69, 9.17) is 9.57 Å². The average Bonchev–Trinajstić information content (AvgIpc) is 2.75. The molecule has 1 aliphatic carbocycles. The van der Waals surface area contributed by atoms with Crippen molar-refractivity contribution >= 4 is 23.7 Å². The van der Waals surface area contributed by atoms with E-state index in [1.807, 2.05) is 26.0 Å². The number of ketones is 2. The first-order chi connectivity index (χ1) is 15.8. The summed E-state index contributed by atoms with van der Waals surface area (Å²) < 4.78 is 4.86. The second-order valence-corrected chi connectivity index (χ2v) is 9.00. The average molecular weight is 453 g/mol. The molecule has 0 N–H and O–H groups in total. The van der Waals surface area contributed by atoms with Gasteiger partial charge in [0.1, 0.15) is 30.3 Å². The maximum atomic E-state index is 13.3. The fourth-order valence-electron chi connectivity index (χ4n) is 5.05. The van der Waals surface area contributed by atoms with Crippen molar-refractivity contribution in [1.82, 2.24) is 4.90 Å².